The molecule has 2 aromatic rings. The molecule has 21 heavy (non-hydrogen) atoms. The highest BCUT2D eigenvalue weighted by Crippen LogP contribution is 2.19. The van der Waals surface area contributed by atoms with Gasteiger partial charge in [-0.25, -0.2) is 0 Å². The van der Waals surface area contributed by atoms with Gasteiger partial charge in [-0.15, -0.1) is 5.10 Å². The van der Waals surface area contributed by atoms with Crippen molar-refractivity contribution in [1.29, 1.82) is 0 Å². The Kier molecular flexibility index (Phi) is 3.96. The highest BCUT2D eigenvalue weighted by atomic mass is 16.5. The Morgan fingerprint density at radius 3 is 2.52 bits per heavy atom. The van der Waals surface area contributed by atoms with Gasteiger partial charge < -0.3 is 15.0 Å². The van der Waals surface area contributed by atoms with Gasteiger partial charge >= 0.3 is 0 Å². The normalized spacial score (nSPS) is 15.0. The van der Waals surface area contributed by atoms with Gasteiger partial charge in [0, 0.05) is 18.8 Å². The second-order valence-corrected chi connectivity index (χ2v) is 5.24. The van der Waals surface area contributed by atoms with Crippen LogP contribution in [0.2, 0.25) is 0 Å². The van der Waals surface area contributed by atoms with Crippen LogP contribution in [0, 0.1) is 13.8 Å². The smallest absolute Gasteiger partial charge is 0.247 e. The molecule has 0 saturated carbocycles. The summed E-state index contributed by atoms with van der Waals surface area (Å²) in [7, 11) is 0. The average molecular weight is 285 g/mol. The third kappa shape index (κ3) is 3.46. The number of anilines is 3. The van der Waals surface area contributed by atoms with E-state index >= 15 is 0 Å². The Balaban J connectivity index is 1.79. The molecule has 0 radical (unpaired) electrons. The molecule has 1 aliphatic heterocycles. The highest BCUT2D eigenvalue weighted by molar-refractivity contribution is 5.58. The lowest BCUT2D eigenvalue weighted by atomic mass is 10.1. The van der Waals surface area contributed by atoms with E-state index in [4.69, 9.17) is 4.74 Å². The minimum Gasteiger partial charge on any atom is -0.378 e. The summed E-state index contributed by atoms with van der Waals surface area (Å²) in [5.74, 6) is 1.35. The Morgan fingerprint density at radius 1 is 1.10 bits per heavy atom. The molecule has 0 bridgehead atoms. The Morgan fingerprint density at radius 2 is 1.81 bits per heavy atom. The van der Waals surface area contributed by atoms with E-state index in [9.17, 15) is 0 Å². The minimum absolute atomic E-state index is 0.646. The van der Waals surface area contributed by atoms with Crippen molar-refractivity contribution >= 4 is 17.5 Å². The number of aryl methyl sites for hydroxylation is 2. The SMILES string of the molecule is Cc1cc(C)cc(Nc2cnnc(N3CCOCC3)n2)c1. The molecule has 110 valence electrons. The van der Waals surface area contributed by atoms with Crippen LogP contribution in [0.5, 0.6) is 0 Å². The molecule has 1 N–H and O–H groups in total. The van der Waals surface area contributed by atoms with Gasteiger partial charge in [-0.3, -0.25) is 0 Å². The Bertz CT molecular complexity index is 605. The maximum absolute atomic E-state index is 5.34. The standard InChI is InChI=1S/C15H19N5O/c1-11-7-12(2)9-13(8-11)17-14-10-16-19-15(18-14)20-3-5-21-6-4-20/h7-10H,3-6H2,1-2H3,(H,17,18,19). The predicted molar refractivity (Wildman–Crippen MR) is 82.1 cm³/mol. The van der Waals surface area contributed by atoms with E-state index < -0.39 is 0 Å². The first-order valence-corrected chi connectivity index (χ1v) is 7.08. The molecule has 1 fully saturated rings. The highest BCUT2D eigenvalue weighted by Gasteiger charge is 2.14. The van der Waals surface area contributed by atoms with E-state index in [-0.39, 0.29) is 0 Å². The lowest BCUT2D eigenvalue weighted by molar-refractivity contribution is 0.122. The van der Waals surface area contributed by atoms with E-state index in [1.54, 1.807) is 6.20 Å². The number of nitrogens with one attached hydrogen (secondary N) is 1. The fraction of sp³-hybridized carbons (Fsp3) is 0.400. The number of hydrogen-bond acceptors (Lipinski definition) is 6. The molecule has 1 aromatic carbocycles. The largest absolute Gasteiger partial charge is 0.378 e. The van der Waals surface area contributed by atoms with Crippen molar-refractivity contribution < 1.29 is 4.74 Å². The number of morpholine rings is 1. The lowest BCUT2D eigenvalue weighted by Gasteiger charge is -2.26. The van der Waals surface area contributed by atoms with Crippen molar-refractivity contribution in [2.75, 3.05) is 36.5 Å². The van der Waals surface area contributed by atoms with Gasteiger partial charge in [0.05, 0.1) is 19.4 Å². The molecule has 0 unspecified atom stereocenters. The topological polar surface area (TPSA) is 63.2 Å². The Labute approximate surface area is 124 Å². The quantitative estimate of drug-likeness (QED) is 0.931. The van der Waals surface area contributed by atoms with Crippen LogP contribution in [0.15, 0.2) is 24.4 Å². The number of hydrogen-bond donors (Lipinski definition) is 1. The van der Waals surface area contributed by atoms with Gasteiger partial charge in [-0.1, -0.05) is 6.07 Å². The van der Waals surface area contributed by atoms with Crippen LogP contribution in [0.4, 0.5) is 17.5 Å². The van der Waals surface area contributed by atoms with E-state index in [0.29, 0.717) is 25.0 Å². The molecular formula is C15H19N5O. The zero-order chi connectivity index (χ0) is 14.7. The summed E-state index contributed by atoms with van der Waals surface area (Å²) >= 11 is 0. The third-order valence-corrected chi connectivity index (χ3v) is 3.34. The van der Waals surface area contributed by atoms with Crippen LogP contribution in [0.1, 0.15) is 11.1 Å². The molecule has 2 heterocycles. The first-order chi connectivity index (χ1) is 10.2. The van der Waals surface area contributed by atoms with Crippen LogP contribution in [0.25, 0.3) is 0 Å². The molecule has 6 heteroatoms. The van der Waals surface area contributed by atoms with Crippen LogP contribution in [-0.2, 0) is 4.74 Å². The second-order valence-electron chi connectivity index (χ2n) is 5.24. The summed E-state index contributed by atoms with van der Waals surface area (Å²) in [4.78, 5) is 6.62. The van der Waals surface area contributed by atoms with Crippen molar-refractivity contribution in [3.63, 3.8) is 0 Å². The zero-order valence-electron chi connectivity index (χ0n) is 12.3. The van der Waals surface area contributed by atoms with E-state index in [1.807, 2.05) is 0 Å². The Hall–Kier alpha value is -2.21. The van der Waals surface area contributed by atoms with E-state index in [0.717, 1.165) is 18.8 Å². The summed E-state index contributed by atoms with van der Waals surface area (Å²) in [6.07, 6.45) is 1.64. The van der Waals surface area contributed by atoms with Crippen LogP contribution in [-0.4, -0.2) is 41.5 Å². The molecule has 1 aliphatic rings. The molecule has 0 aliphatic carbocycles. The second kappa shape index (κ2) is 6.05. The number of ether oxygens (including phenoxy) is 1. The van der Waals surface area contributed by atoms with Crippen molar-refractivity contribution in [2.45, 2.75) is 13.8 Å². The maximum Gasteiger partial charge on any atom is 0.247 e. The monoisotopic (exact) mass is 285 g/mol. The van der Waals surface area contributed by atoms with Gasteiger partial charge in [0.15, 0.2) is 5.82 Å². The molecule has 0 atom stereocenters. The molecule has 1 saturated heterocycles. The zero-order valence-corrected chi connectivity index (χ0v) is 12.3. The van der Waals surface area contributed by atoms with Crippen LogP contribution in [0.3, 0.4) is 0 Å². The molecule has 6 nitrogen and oxygen atoms in total. The maximum atomic E-state index is 5.34. The van der Waals surface area contributed by atoms with Gasteiger partial charge in [-0.2, -0.15) is 10.1 Å². The van der Waals surface area contributed by atoms with Gasteiger partial charge in [-0.05, 0) is 37.1 Å². The summed E-state index contributed by atoms with van der Waals surface area (Å²) in [5, 5.41) is 11.4. The van der Waals surface area contributed by atoms with Crippen molar-refractivity contribution in [1.82, 2.24) is 15.2 Å². The van der Waals surface area contributed by atoms with Crippen molar-refractivity contribution in [2.24, 2.45) is 0 Å². The predicted octanol–water partition coefficient (Wildman–Crippen LogP) is 2.07. The molecule has 0 spiro atoms. The average Bonchev–Trinajstić information content (AvgIpc) is 2.47. The van der Waals surface area contributed by atoms with Gasteiger partial charge in [0.2, 0.25) is 5.95 Å². The first-order valence-electron chi connectivity index (χ1n) is 7.08. The van der Waals surface area contributed by atoms with E-state index in [2.05, 4.69) is 57.4 Å². The van der Waals surface area contributed by atoms with Crippen molar-refractivity contribution in [3.8, 4) is 0 Å². The molecule has 0 amide bonds. The van der Waals surface area contributed by atoms with E-state index in [1.165, 1.54) is 11.1 Å². The molecular weight excluding hydrogens is 266 g/mol. The summed E-state index contributed by atoms with van der Waals surface area (Å²) < 4.78 is 5.34. The van der Waals surface area contributed by atoms with Gasteiger partial charge in [0.1, 0.15) is 0 Å². The molecule has 3 rings (SSSR count). The number of nitrogens with zero attached hydrogens (tertiary/aromatic N) is 4. The van der Waals surface area contributed by atoms with Crippen molar-refractivity contribution in [3.05, 3.63) is 35.5 Å². The van der Waals surface area contributed by atoms with Crippen LogP contribution >= 0.6 is 0 Å². The number of rotatable bonds is 3. The number of aromatic nitrogens is 3. The lowest BCUT2D eigenvalue weighted by Crippen LogP contribution is -2.37. The summed E-state index contributed by atoms with van der Waals surface area (Å²) in [5.41, 5.74) is 3.45. The van der Waals surface area contributed by atoms with Gasteiger partial charge in [0.25, 0.3) is 0 Å². The fourth-order valence-corrected chi connectivity index (χ4v) is 2.45. The molecule has 1 aromatic heterocycles. The fourth-order valence-electron chi connectivity index (χ4n) is 2.45. The number of benzene rings is 1. The van der Waals surface area contributed by atoms with Crippen LogP contribution < -0.4 is 10.2 Å². The first kappa shape index (κ1) is 13.8. The summed E-state index contributed by atoms with van der Waals surface area (Å²) in [6.45, 7) is 7.17. The minimum atomic E-state index is 0.646. The summed E-state index contributed by atoms with van der Waals surface area (Å²) in [6, 6.07) is 6.32. The third-order valence-electron chi connectivity index (χ3n) is 3.34.